The molecule has 1 aromatic carbocycles. The molecule has 0 atom stereocenters. The molecule has 0 saturated carbocycles. The molecule has 1 fully saturated rings. The largest absolute Gasteiger partial charge is 0.510 e. The van der Waals surface area contributed by atoms with Crippen molar-refractivity contribution in [3.63, 3.8) is 0 Å². The van der Waals surface area contributed by atoms with E-state index in [1.807, 2.05) is 0 Å². The number of aliphatic hydroxyl groups is 1. The number of aliphatic imine (C=N–C) groups is 1. The highest BCUT2D eigenvalue weighted by Crippen LogP contribution is 2.38. The van der Waals surface area contributed by atoms with Gasteiger partial charge < -0.3 is 10.0 Å². The van der Waals surface area contributed by atoms with Crippen LogP contribution in [0.4, 0.5) is 18.9 Å². The van der Waals surface area contributed by atoms with Crippen LogP contribution in [-0.4, -0.2) is 39.8 Å². The summed E-state index contributed by atoms with van der Waals surface area (Å²) >= 11 is 1.07. The molecule has 3 rings (SSSR count). The van der Waals surface area contributed by atoms with E-state index < -0.39 is 11.7 Å². The number of carbonyl (C=O) groups is 1. The number of hydrogen-bond acceptors (Lipinski definition) is 4. The zero-order valence-corrected chi connectivity index (χ0v) is 13.5. The van der Waals surface area contributed by atoms with Gasteiger partial charge in [0, 0.05) is 13.1 Å². The van der Waals surface area contributed by atoms with Crippen molar-refractivity contribution in [3.8, 4) is 0 Å². The quantitative estimate of drug-likeness (QED) is 0.874. The maximum atomic E-state index is 13.1. The molecule has 0 spiro atoms. The van der Waals surface area contributed by atoms with Gasteiger partial charge >= 0.3 is 6.18 Å². The van der Waals surface area contributed by atoms with Gasteiger partial charge in [0.1, 0.15) is 16.4 Å². The number of amides is 1. The van der Waals surface area contributed by atoms with Crippen molar-refractivity contribution < 1.29 is 23.1 Å². The Kier molecular flexibility index (Phi) is 4.58. The number of likely N-dealkylation sites (tertiary alicyclic amines) is 1. The van der Waals surface area contributed by atoms with Crippen LogP contribution in [0.2, 0.25) is 0 Å². The Morgan fingerprint density at radius 2 is 1.88 bits per heavy atom. The average molecular weight is 356 g/mol. The molecule has 2 heterocycles. The summed E-state index contributed by atoms with van der Waals surface area (Å²) in [6.07, 6.45) is -2.76. The van der Waals surface area contributed by atoms with Crippen molar-refractivity contribution in [2.75, 3.05) is 18.8 Å². The summed E-state index contributed by atoms with van der Waals surface area (Å²) < 4.78 is 39.3. The van der Waals surface area contributed by atoms with Gasteiger partial charge in [-0.15, -0.1) is 0 Å². The second-order valence-corrected chi connectivity index (χ2v) is 6.51. The first kappa shape index (κ1) is 16.9. The maximum absolute atomic E-state index is 13.1. The molecule has 1 amide bonds. The molecule has 1 aromatic rings. The van der Waals surface area contributed by atoms with Gasteiger partial charge in [-0.3, -0.25) is 4.79 Å². The third kappa shape index (κ3) is 3.28. The van der Waals surface area contributed by atoms with Gasteiger partial charge in [0.15, 0.2) is 0 Å². The van der Waals surface area contributed by atoms with Crippen molar-refractivity contribution in [3.05, 3.63) is 41.2 Å². The predicted octanol–water partition coefficient (Wildman–Crippen LogP) is 3.92. The molecule has 4 nitrogen and oxygen atoms in total. The van der Waals surface area contributed by atoms with Gasteiger partial charge in [0.25, 0.3) is 5.91 Å². The Morgan fingerprint density at radius 3 is 2.54 bits per heavy atom. The normalized spacial score (nSPS) is 20.3. The molecular formula is C16H15F3N2O2S. The van der Waals surface area contributed by atoms with E-state index >= 15 is 0 Å². The van der Waals surface area contributed by atoms with Crippen LogP contribution in [-0.2, 0) is 11.0 Å². The summed E-state index contributed by atoms with van der Waals surface area (Å²) in [6, 6.07) is 4.95. The van der Waals surface area contributed by atoms with Crippen molar-refractivity contribution >= 4 is 28.4 Å². The van der Waals surface area contributed by atoms with Crippen LogP contribution in [0.1, 0.15) is 18.4 Å². The third-order valence-electron chi connectivity index (χ3n) is 3.89. The minimum atomic E-state index is -4.53. The smallest absolute Gasteiger partial charge is 0.418 e. The summed E-state index contributed by atoms with van der Waals surface area (Å²) in [6.45, 7) is 1.18. The lowest BCUT2D eigenvalue weighted by molar-refractivity contribution is -0.137. The molecule has 0 radical (unpaired) electrons. The van der Waals surface area contributed by atoms with Crippen molar-refractivity contribution in [1.82, 2.24) is 4.90 Å². The number of alkyl halides is 3. The maximum Gasteiger partial charge on any atom is 0.418 e. The summed E-state index contributed by atoms with van der Waals surface area (Å²) in [5, 5.41) is 10.1. The van der Waals surface area contributed by atoms with Crippen LogP contribution in [0, 0.1) is 0 Å². The van der Waals surface area contributed by atoms with E-state index in [1.54, 1.807) is 4.90 Å². The molecule has 1 saturated heterocycles. The summed E-state index contributed by atoms with van der Waals surface area (Å²) in [7, 11) is 0. The second kappa shape index (κ2) is 6.51. The van der Waals surface area contributed by atoms with E-state index in [0.717, 1.165) is 30.7 Å². The zero-order chi connectivity index (χ0) is 17.3. The Labute approximate surface area is 141 Å². The van der Waals surface area contributed by atoms with Crippen LogP contribution in [0.3, 0.4) is 0 Å². The van der Waals surface area contributed by atoms with Gasteiger partial charge in [0.05, 0.1) is 17.0 Å². The van der Waals surface area contributed by atoms with Gasteiger partial charge in [-0.2, -0.15) is 13.2 Å². The van der Waals surface area contributed by atoms with Crippen molar-refractivity contribution in [2.24, 2.45) is 4.99 Å². The topological polar surface area (TPSA) is 52.9 Å². The highest BCUT2D eigenvalue weighted by Gasteiger charge is 2.35. The van der Waals surface area contributed by atoms with Crippen LogP contribution in [0.25, 0.3) is 0 Å². The highest BCUT2D eigenvalue weighted by molar-refractivity contribution is 8.15. The Morgan fingerprint density at radius 1 is 1.21 bits per heavy atom. The van der Waals surface area contributed by atoms with Crippen LogP contribution < -0.4 is 0 Å². The SMILES string of the molecule is O=C(C1=C(O)CSC1=Nc1ccccc1C(F)(F)F)N1CCCC1. The Bertz CT molecular complexity index is 722. The molecule has 0 aromatic heterocycles. The first-order valence-corrected chi connectivity index (χ1v) is 8.46. The molecule has 1 N–H and O–H groups in total. The fourth-order valence-corrected chi connectivity index (χ4v) is 3.64. The number of thioether (sulfide) groups is 1. The summed E-state index contributed by atoms with van der Waals surface area (Å²) in [5.74, 6) is -0.347. The van der Waals surface area contributed by atoms with Crippen molar-refractivity contribution in [2.45, 2.75) is 19.0 Å². The molecule has 2 aliphatic rings. The molecule has 8 heteroatoms. The molecular weight excluding hydrogens is 341 g/mol. The number of rotatable bonds is 2. The minimum absolute atomic E-state index is 0.0267. The van der Waals surface area contributed by atoms with E-state index in [4.69, 9.17) is 0 Å². The number of benzene rings is 1. The Balaban J connectivity index is 1.97. The number of aliphatic hydroxyl groups excluding tert-OH is 1. The fourth-order valence-electron chi connectivity index (χ4n) is 2.71. The molecule has 0 bridgehead atoms. The lowest BCUT2D eigenvalue weighted by Crippen LogP contribution is -2.31. The first-order chi connectivity index (χ1) is 11.4. The lowest BCUT2D eigenvalue weighted by Gasteiger charge is -2.16. The summed E-state index contributed by atoms with van der Waals surface area (Å²) in [4.78, 5) is 18.2. The lowest BCUT2D eigenvalue weighted by atomic mass is 10.1. The third-order valence-corrected chi connectivity index (χ3v) is 4.87. The predicted molar refractivity (Wildman–Crippen MR) is 86.5 cm³/mol. The zero-order valence-electron chi connectivity index (χ0n) is 12.6. The standard InChI is InChI=1S/C16H15F3N2O2S/c17-16(18,19)10-5-1-2-6-11(10)20-14-13(12(22)9-24-14)15(23)21-7-3-4-8-21/h1-2,5-6,22H,3-4,7-9H2. The van der Waals surface area contributed by atoms with E-state index in [2.05, 4.69) is 4.99 Å². The van der Waals surface area contributed by atoms with Crippen LogP contribution >= 0.6 is 11.8 Å². The van der Waals surface area contributed by atoms with Gasteiger partial charge in [-0.1, -0.05) is 23.9 Å². The number of halogens is 3. The van der Waals surface area contributed by atoms with Crippen LogP contribution in [0.15, 0.2) is 40.6 Å². The van der Waals surface area contributed by atoms with E-state index in [-0.39, 0.29) is 33.7 Å². The van der Waals surface area contributed by atoms with E-state index in [1.165, 1.54) is 18.2 Å². The Hall–Kier alpha value is -1.96. The molecule has 0 aliphatic carbocycles. The van der Waals surface area contributed by atoms with Gasteiger partial charge in [0.2, 0.25) is 0 Å². The molecule has 24 heavy (non-hydrogen) atoms. The number of nitrogens with zero attached hydrogens (tertiary/aromatic N) is 2. The van der Waals surface area contributed by atoms with Gasteiger partial charge in [-0.05, 0) is 25.0 Å². The first-order valence-electron chi connectivity index (χ1n) is 7.47. The second-order valence-electron chi connectivity index (χ2n) is 5.54. The van der Waals surface area contributed by atoms with E-state index in [0.29, 0.717) is 13.1 Å². The molecule has 128 valence electrons. The van der Waals surface area contributed by atoms with Gasteiger partial charge in [-0.25, -0.2) is 4.99 Å². The minimum Gasteiger partial charge on any atom is -0.510 e. The van der Waals surface area contributed by atoms with Crippen molar-refractivity contribution in [1.29, 1.82) is 0 Å². The molecule has 0 unspecified atom stereocenters. The monoisotopic (exact) mass is 356 g/mol. The van der Waals surface area contributed by atoms with Crippen LogP contribution in [0.5, 0.6) is 0 Å². The summed E-state index contributed by atoms with van der Waals surface area (Å²) in [5.41, 5.74) is -1.09. The highest BCUT2D eigenvalue weighted by atomic mass is 32.2. The van der Waals surface area contributed by atoms with E-state index in [9.17, 15) is 23.1 Å². The molecule has 2 aliphatic heterocycles. The average Bonchev–Trinajstić information content (AvgIpc) is 3.17. The number of hydrogen-bond donors (Lipinski definition) is 1. The fraction of sp³-hybridized carbons (Fsp3) is 0.375. The number of para-hydroxylation sites is 1. The number of carbonyl (C=O) groups excluding carboxylic acids is 1.